The van der Waals surface area contributed by atoms with Gasteiger partial charge in [0.2, 0.25) is 0 Å². The lowest BCUT2D eigenvalue weighted by Crippen LogP contribution is -2.49. The highest BCUT2D eigenvalue weighted by Gasteiger charge is 2.30. The summed E-state index contributed by atoms with van der Waals surface area (Å²) in [6.45, 7) is 4.30. The molecular formula is C13H23N3O3. The van der Waals surface area contributed by atoms with E-state index >= 15 is 0 Å². The first kappa shape index (κ1) is 14.3. The molecule has 0 unspecified atom stereocenters. The van der Waals surface area contributed by atoms with Crippen LogP contribution in [-0.4, -0.2) is 74.1 Å². The Balaban J connectivity index is 1.91. The van der Waals surface area contributed by atoms with E-state index < -0.39 is 0 Å². The van der Waals surface area contributed by atoms with Gasteiger partial charge >= 0.3 is 11.8 Å². The van der Waals surface area contributed by atoms with Crippen LogP contribution in [0.5, 0.6) is 0 Å². The van der Waals surface area contributed by atoms with Gasteiger partial charge in [0.1, 0.15) is 0 Å². The molecule has 108 valence electrons. The third kappa shape index (κ3) is 3.67. The van der Waals surface area contributed by atoms with Crippen molar-refractivity contribution in [2.45, 2.75) is 25.3 Å². The average Bonchev–Trinajstić information content (AvgIpc) is 2.75. The molecule has 2 fully saturated rings. The molecule has 0 aromatic carbocycles. The zero-order chi connectivity index (χ0) is 13.7. The van der Waals surface area contributed by atoms with E-state index in [1.54, 1.807) is 16.8 Å². The number of ether oxygens (including phenoxy) is 1. The number of amides is 2. The van der Waals surface area contributed by atoms with Crippen LogP contribution < -0.4 is 5.32 Å². The fourth-order valence-corrected chi connectivity index (χ4v) is 2.57. The van der Waals surface area contributed by atoms with E-state index in [0.29, 0.717) is 26.3 Å². The van der Waals surface area contributed by atoms with Crippen molar-refractivity contribution in [2.75, 3.05) is 46.4 Å². The Hall–Kier alpha value is -1.14. The van der Waals surface area contributed by atoms with Gasteiger partial charge in [-0.2, -0.15) is 0 Å². The summed E-state index contributed by atoms with van der Waals surface area (Å²) in [5.74, 6) is -0.744. The molecule has 2 heterocycles. The second kappa shape index (κ2) is 6.86. The summed E-state index contributed by atoms with van der Waals surface area (Å²) >= 11 is 0. The number of nitrogens with one attached hydrogen (secondary N) is 1. The number of nitrogens with zero attached hydrogens (tertiary/aromatic N) is 2. The van der Waals surface area contributed by atoms with E-state index in [4.69, 9.17) is 4.74 Å². The average molecular weight is 269 g/mol. The Kier molecular flexibility index (Phi) is 5.15. The summed E-state index contributed by atoms with van der Waals surface area (Å²) in [6, 6.07) is 0.135. The molecule has 0 radical (unpaired) electrons. The van der Waals surface area contributed by atoms with Crippen LogP contribution in [0.25, 0.3) is 0 Å². The molecule has 0 aliphatic carbocycles. The normalized spacial score (nSPS) is 21.8. The number of likely N-dealkylation sites (N-methyl/N-ethyl adjacent to an activating group) is 1. The minimum atomic E-state index is -0.381. The molecule has 2 aliphatic rings. The summed E-state index contributed by atoms with van der Waals surface area (Å²) in [6.07, 6.45) is 2.54. The van der Waals surface area contributed by atoms with Crippen molar-refractivity contribution in [1.82, 2.24) is 15.1 Å². The van der Waals surface area contributed by atoms with E-state index in [0.717, 1.165) is 32.4 Å². The maximum absolute atomic E-state index is 12.2. The van der Waals surface area contributed by atoms with Crippen LogP contribution in [0.2, 0.25) is 0 Å². The number of carbonyl (C=O) groups is 2. The third-order valence-corrected chi connectivity index (χ3v) is 3.87. The Morgan fingerprint density at radius 3 is 2.68 bits per heavy atom. The fraction of sp³-hybridized carbons (Fsp3) is 0.846. The third-order valence-electron chi connectivity index (χ3n) is 3.87. The fourth-order valence-electron chi connectivity index (χ4n) is 2.57. The first-order chi connectivity index (χ1) is 9.20. The zero-order valence-corrected chi connectivity index (χ0v) is 11.6. The minimum absolute atomic E-state index is 0.135. The molecule has 1 N–H and O–H groups in total. The molecule has 6 nitrogen and oxygen atoms in total. The van der Waals surface area contributed by atoms with Crippen molar-refractivity contribution in [1.29, 1.82) is 0 Å². The monoisotopic (exact) mass is 269 g/mol. The topological polar surface area (TPSA) is 61.9 Å². The highest BCUT2D eigenvalue weighted by Crippen LogP contribution is 2.13. The number of hydrogen-bond donors (Lipinski definition) is 1. The summed E-state index contributed by atoms with van der Waals surface area (Å²) in [5, 5.41) is 3.23. The molecule has 0 saturated carbocycles. The highest BCUT2D eigenvalue weighted by atomic mass is 16.5. The van der Waals surface area contributed by atoms with E-state index in [9.17, 15) is 9.59 Å². The number of carbonyl (C=O) groups excluding carboxylic acids is 2. The lowest BCUT2D eigenvalue weighted by molar-refractivity contribution is -0.153. The van der Waals surface area contributed by atoms with Gasteiger partial charge in [0.25, 0.3) is 0 Å². The Labute approximate surface area is 114 Å². The van der Waals surface area contributed by atoms with Crippen LogP contribution in [-0.2, 0) is 14.3 Å². The van der Waals surface area contributed by atoms with Gasteiger partial charge in [-0.05, 0) is 25.8 Å². The van der Waals surface area contributed by atoms with Gasteiger partial charge in [0.05, 0.1) is 0 Å². The quantitative estimate of drug-likeness (QED) is 0.649. The standard InChI is InChI=1S/C13H23N3O3/c1-15(11-3-9-19-10-4-11)12(17)13(18)16-7-2-5-14-6-8-16/h11,14H,2-10H2,1H3. The van der Waals surface area contributed by atoms with Crippen LogP contribution >= 0.6 is 0 Å². The molecule has 2 amide bonds. The van der Waals surface area contributed by atoms with Gasteiger partial charge < -0.3 is 19.9 Å². The minimum Gasteiger partial charge on any atom is -0.381 e. The second-order valence-electron chi connectivity index (χ2n) is 5.16. The zero-order valence-electron chi connectivity index (χ0n) is 11.6. The molecule has 0 aromatic rings. The number of rotatable bonds is 1. The van der Waals surface area contributed by atoms with Crippen molar-refractivity contribution in [2.24, 2.45) is 0 Å². The predicted octanol–water partition coefficient (Wildman–Crippen LogP) is -0.554. The van der Waals surface area contributed by atoms with Gasteiger partial charge in [-0.1, -0.05) is 0 Å². The van der Waals surface area contributed by atoms with E-state index in [-0.39, 0.29) is 17.9 Å². The van der Waals surface area contributed by atoms with E-state index in [1.165, 1.54) is 0 Å². The van der Waals surface area contributed by atoms with Gasteiger partial charge in [-0.3, -0.25) is 9.59 Å². The largest absolute Gasteiger partial charge is 0.381 e. The van der Waals surface area contributed by atoms with Crippen molar-refractivity contribution in [3.05, 3.63) is 0 Å². The first-order valence-corrected chi connectivity index (χ1v) is 7.04. The van der Waals surface area contributed by atoms with Gasteiger partial charge in [-0.15, -0.1) is 0 Å². The molecule has 2 rings (SSSR count). The highest BCUT2D eigenvalue weighted by molar-refractivity contribution is 6.34. The Morgan fingerprint density at radius 1 is 1.21 bits per heavy atom. The SMILES string of the molecule is CN(C(=O)C(=O)N1CCCNCC1)C1CCOCC1. The van der Waals surface area contributed by atoms with Crippen LogP contribution in [0.15, 0.2) is 0 Å². The maximum atomic E-state index is 12.2. The number of hydrogen-bond acceptors (Lipinski definition) is 4. The smallest absolute Gasteiger partial charge is 0.312 e. The van der Waals surface area contributed by atoms with Crippen molar-refractivity contribution >= 4 is 11.8 Å². The van der Waals surface area contributed by atoms with Crippen LogP contribution in [0.1, 0.15) is 19.3 Å². The summed E-state index contributed by atoms with van der Waals surface area (Å²) in [5.41, 5.74) is 0. The molecule has 0 bridgehead atoms. The van der Waals surface area contributed by atoms with Gasteiger partial charge in [0, 0.05) is 45.9 Å². The molecule has 0 aromatic heterocycles. The summed E-state index contributed by atoms with van der Waals surface area (Å²) in [4.78, 5) is 27.7. The molecule has 2 saturated heterocycles. The Bertz CT molecular complexity index is 321. The molecule has 2 aliphatic heterocycles. The first-order valence-electron chi connectivity index (χ1n) is 7.04. The van der Waals surface area contributed by atoms with E-state index in [1.807, 2.05) is 0 Å². The second-order valence-corrected chi connectivity index (χ2v) is 5.16. The lowest BCUT2D eigenvalue weighted by Gasteiger charge is -2.32. The molecule has 0 spiro atoms. The van der Waals surface area contributed by atoms with Gasteiger partial charge in [-0.25, -0.2) is 0 Å². The van der Waals surface area contributed by atoms with Crippen LogP contribution in [0.4, 0.5) is 0 Å². The Morgan fingerprint density at radius 2 is 1.95 bits per heavy atom. The molecular weight excluding hydrogens is 246 g/mol. The van der Waals surface area contributed by atoms with Crippen molar-refractivity contribution in [3.8, 4) is 0 Å². The summed E-state index contributed by atoms with van der Waals surface area (Å²) in [7, 11) is 1.73. The lowest BCUT2D eigenvalue weighted by atomic mass is 10.1. The van der Waals surface area contributed by atoms with Crippen LogP contribution in [0.3, 0.4) is 0 Å². The molecule has 6 heteroatoms. The van der Waals surface area contributed by atoms with Gasteiger partial charge in [0.15, 0.2) is 0 Å². The van der Waals surface area contributed by atoms with Crippen molar-refractivity contribution < 1.29 is 14.3 Å². The van der Waals surface area contributed by atoms with Crippen LogP contribution in [0, 0.1) is 0 Å². The predicted molar refractivity (Wildman–Crippen MR) is 70.7 cm³/mol. The molecule has 19 heavy (non-hydrogen) atoms. The molecule has 0 atom stereocenters. The van der Waals surface area contributed by atoms with Crippen molar-refractivity contribution in [3.63, 3.8) is 0 Å². The summed E-state index contributed by atoms with van der Waals surface area (Å²) < 4.78 is 5.28. The maximum Gasteiger partial charge on any atom is 0.312 e. The van der Waals surface area contributed by atoms with E-state index in [2.05, 4.69) is 5.32 Å².